The Bertz CT molecular complexity index is 515. The van der Waals surface area contributed by atoms with Crippen molar-refractivity contribution in [2.45, 2.75) is 39.3 Å². The van der Waals surface area contributed by atoms with Crippen molar-refractivity contribution < 1.29 is 9.53 Å². The Morgan fingerprint density at radius 2 is 2.11 bits per heavy atom. The Morgan fingerprint density at radius 1 is 1.47 bits per heavy atom. The molecule has 0 saturated heterocycles. The van der Waals surface area contributed by atoms with Gasteiger partial charge in [-0.3, -0.25) is 5.32 Å². The lowest BCUT2D eigenvalue weighted by atomic mass is 10.1. The lowest BCUT2D eigenvalue weighted by molar-refractivity contribution is 0.0636. The Balaban J connectivity index is 2.97. The largest absolute Gasteiger partial charge is 0.444 e. The number of carbonyl (C=O) groups is 1. The second kappa shape index (κ2) is 6.07. The number of ether oxygens (including phenoxy) is 1. The Labute approximate surface area is 122 Å². The smallest absolute Gasteiger partial charge is 0.412 e. The predicted octanol–water partition coefficient (Wildman–Crippen LogP) is 4.78. The minimum absolute atomic E-state index is 0.321. The average molecular weight is 325 g/mol. The van der Waals surface area contributed by atoms with Crippen molar-refractivity contribution in [2.75, 3.05) is 5.32 Å². The van der Waals surface area contributed by atoms with Crippen molar-refractivity contribution in [3.05, 3.63) is 39.7 Å². The molecule has 0 aliphatic carbocycles. The van der Waals surface area contributed by atoms with Crippen LogP contribution in [0, 0.1) is 6.57 Å². The summed E-state index contributed by atoms with van der Waals surface area (Å²) in [6.45, 7) is 14.3. The van der Waals surface area contributed by atoms with Crippen LogP contribution in [0.4, 0.5) is 10.5 Å². The minimum atomic E-state index is -0.554. The first-order chi connectivity index (χ1) is 8.73. The predicted molar refractivity (Wildman–Crippen MR) is 79.0 cm³/mol. The molecule has 0 fully saturated rings. The second-order valence-electron chi connectivity index (χ2n) is 5.16. The first-order valence-electron chi connectivity index (χ1n) is 5.89. The number of carbonyl (C=O) groups excluding carboxylic acids is 1. The highest BCUT2D eigenvalue weighted by molar-refractivity contribution is 9.10. The summed E-state index contributed by atoms with van der Waals surface area (Å²) in [5.41, 5.74) is 0.804. The number of nitrogens with zero attached hydrogens (tertiary/aromatic N) is 1. The third kappa shape index (κ3) is 4.92. The van der Waals surface area contributed by atoms with Gasteiger partial charge in [0.2, 0.25) is 6.04 Å². The monoisotopic (exact) mass is 324 g/mol. The highest BCUT2D eigenvalue weighted by Crippen LogP contribution is 2.29. The van der Waals surface area contributed by atoms with Gasteiger partial charge in [0, 0.05) is 11.4 Å². The average Bonchev–Trinajstić information content (AvgIpc) is 2.25. The quantitative estimate of drug-likeness (QED) is 0.796. The molecule has 1 amide bonds. The third-order valence-electron chi connectivity index (χ3n) is 2.29. The number of benzene rings is 1. The van der Waals surface area contributed by atoms with Crippen molar-refractivity contribution in [1.82, 2.24) is 0 Å². The number of rotatable bonds is 2. The van der Waals surface area contributed by atoms with Crippen LogP contribution in [-0.4, -0.2) is 11.7 Å². The molecule has 102 valence electrons. The molecule has 1 rings (SSSR count). The van der Waals surface area contributed by atoms with Crippen LogP contribution in [0.1, 0.15) is 39.3 Å². The highest BCUT2D eigenvalue weighted by atomic mass is 79.9. The fourth-order valence-corrected chi connectivity index (χ4v) is 1.85. The number of anilines is 1. The summed E-state index contributed by atoms with van der Waals surface area (Å²) < 4.78 is 6.04. The number of nitrogens with one attached hydrogen (secondary N) is 1. The van der Waals surface area contributed by atoms with E-state index in [1.807, 2.05) is 12.1 Å². The molecule has 0 saturated carbocycles. The lowest BCUT2D eigenvalue weighted by Gasteiger charge is -2.20. The van der Waals surface area contributed by atoms with Gasteiger partial charge >= 0.3 is 6.09 Å². The van der Waals surface area contributed by atoms with Crippen molar-refractivity contribution in [3.8, 4) is 0 Å². The van der Waals surface area contributed by atoms with Crippen LogP contribution in [0.3, 0.4) is 0 Å². The van der Waals surface area contributed by atoms with Crippen molar-refractivity contribution in [1.29, 1.82) is 0 Å². The zero-order valence-corrected chi connectivity index (χ0v) is 13.0. The lowest BCUT2D eigenvalue weighted by Crippen LogP contribution is -2.27. The van der Waals surface area contributed by atoms with Crippen LogP contribution in [0.2, 0.25) is 0 Å². The highest BCUT2D eigenvalue weighted by Gasteiger charge is 2.20. The summed E-state index contributed by atoms with van der Waals surface area (Å²) in [5, 5.41) is 2.69. The molecular weight excluding hydrogens is 308 g/mol. The fraction of sp³-hybridized carbons (Fsp3) is 0.429. The molecule has 0 aliphatic heterocycles. The van der Waals surface area contributed by atoms with Crippen LogP contribution < -0.4 is 5.32 Å². The molecule has 0 spiro atoms. The number of halogens is 1. The molecule has 4 nitrogen and oxygen atoms in total. The molecule has 1 N–H and O–H groups in total. The molecule has 0 aromatic heterocycles. The first-order valence-corrected chi connectivity index (χ1v) is 6.68. The molecule has 1 unspecified atom stereocenters. The van der Waals surface area contributed by atoms with E-state index < -0.39 is 11.7 Å². The summed E-state index contributed by atoms with van der Waals surface area (Å²) in [4.78, 5) is 15.2. The van der Waals surface area contributed by atoms with E-state index in [1.165, 1.54) is 0 Å². The molecule has 0 bridgehead atoms. The van der Waals surface area contributed by atoms with E-state index in [4.69, 9.17) is 11.3 Å². The summed E-state index contributed by atoms with van der Waals surface area (Å²) in [6.07, 6.45) is -0.524. The standard InChI is InChI=1S/C14H17BrN2O2/c1-9(16-5)11-7-6-10(15)8-12(11)17-13(18)19-14(2,3)4/h6-9H,1-4H3,(H,17,18). The molecule has 5 heteroatoms. The maximum Gasteiger partial charge on any atom is 0.412 e. The van der Waals surface area contributed by atoms with Crippen LogP contribution in [0.25, 0.3) is 4.85 Å². The number of amides is 1. The van der Waals surface area contributed by atoms with Gasteiger partial charge in [0.15, 0.2) is 0 Å². The van der Waals surface area contributed by atoms with Gasteiger partial charge in [-0.1, -0.05) is 15.9 Å². The van der Waals surface area contributed by atoms with Gasteiger partial charge in [0.25, 0.3) is 0 Å². The van der Waals surface area contributed by atoms with Gasteiger partial charge in [-0.2, -0.15) is 0 Å². The molecule has 1 aromatic carbocycles. The van der Waals surface area contributed by atoms with E-state index in [-0.39, 0.29) is 6.04 Å². The van der Waals surface area contributed by atoms with Crippen molar-refractivity contribution in [3.63, 3.8) is 0 Å². The molecule has 0 radical (unpaired) electrons. The SMILES string of the molecule is [C-]#[N+]C(C)c1ccc(Br)cc1NC(=O)OC(C)(C)C. The van der Waals surface area contributed by atoms with Gasteiger partial charge < -0.3 is 9.58 Å². The fourth-order valence-electron chi connectivity index (χ4n) is 1.48. The van der Waals surface area contributed by atoms with E-state index in [0.29, 0.717) is 5.69 Å². The maximum atomic E-state index is 11.8. The summed E-state index contributed by atoms with van der Waals surface area (Å²) in [6, 6.07) is 5.11. The van der Waals surface area contributed by atoms with Gasteiger partial charge in [-0.15, -0.1) is 0 Å². The molecule has 0 heterocycles. The zero-order valence-electron chi connectivity index (χ0n) is 11.5. The van der Waals surface area contributed by atoms with E-state index in [1.54, 1.807) is 33.8 Å². The molecule has 1 atom stereocenters. The van der Waals surface area contributed by atoms with Gasteiger partial charge in [-0.25, -0.2) is 11.4 Å². The normalized spacial score (nSPS) is 12.4. The van der Waals surface area contributed by atoms with Gasteiger partial charge in [0.1, 0.15) is 5.60 Å². The topological polar surface area (TPSA) is 42.7 Å². The Morgan fingerprint density at radius 3 is 2.63 bits per heavy atom. The summed E-state index contributed by atoms with van der Waals surface area (Å²) in [5.74, 6) is 0. The molecule has 19 heavy (non-hydrogen) atoms. The van der Waals surface area contributed by atoms with Gasteiger partial charge in [-0.05, 0) is 39.0 Å². The second-order valence-corrected chi connectivity index (χ2v) is 6.08. The Hall–Kier alpha value is -1.54. The van der Waals surface area contributed by atoms with E-state index in [0.717, 1.165) is 10.0 Å². The van der Waals surface area contributed by atoms with E-state index >= 15 is 0 Å². The van der Waals surface area contributed by atoms with Crippen molar-refractivity contribution in [2.24, 2.45) is 0 Å². The molecular formula is C14H17BrN2O2. The van der Waals surface area contributed by atoms with Crippen LogP contribution in [0.15, 0.2) is 22.7 Å². The number of hydrogen-bond donors (Lipinski definition) is 1. The number of hydrogen-bond acceptors (Lipinski definition) is 2. The summed E-state index contributed by atoms with van der Waals surface area (Å²) in [7, 11) is 0. The molecule has 1 aromatic rings. The summed E-state index contributed by atoms with van der Waals surface area (Å²) >= 11 is 3.35. The minimum Gasteiger partial charge on any atom is -0.444 e. The van der Waals surface area contributed by atoms with E-state index in [2.05, 4.69) is 26.1 Å². The maximum absolute atomic E-state index is 11.8. The Kier molecular flexibility index (Phi) is 4.96. The zero-order chi connectivity index (χ0) is 14.6. The van der Waals surface area contributed by atoms with Crippen LogP contribution >= 0.6 is 15.9 Å². The van der Waals surface area contributed by atoms with Gasteiger partial charge in [0.05, 0.1) is 11.3 Å². The van der Waals surface area contributed by atoms with Crippen LogP contribution in [0.5, 0.6) is 0 Å². The van der Waals surface area contributed by atoms with Crippen LogP contribution in [-0.2, 0) is 4.74 Å². The van der Waals surface area contributed by atoms with E-state index in [9.17, 15) is 4.79 Å². The molecule has 0 aliphatic rings. The first kappa shape index (κ1) is 15.5. The van der Waals surface area contributed by atoms with Crippen molar-refractivity contribution >= 4 is 27.7 Å². The third-order valence-corrected chi connectivity index (χ3v) is 2.79.